The van der Waals surface area contributed by atoms with Crippen molar-refractivity contribution < 1.29 is 9.53 Å². The van der Waals surface area contributed by atoms with Gasteiger partial charge in [-0.05, 0) is 56.0 Å². The summed E-state index contributed by atoms with van der Waals surface area (Å²) in [4.78, 5) is 16.1. The third kappa shape index (κ3) is 3.92. The smallest absolute Gasteiger partial charge is 0.315 e. The van der Waals surface area contributed by atoms with Crippen molar-refractivity contribution in [2.75, 3.05) is 19.6 Å². The van der Waals surface area contributed by atoms with Crippen LogP contribution in [-0.2, 0) is 11.3 Å². The lowest BCUT2D eigenvalue weighted by Crippen LogP contribution is -2.48. The van der Waals surface area contributed by atoms with E-state index in [-0.39, 0.29) is 18.2 Å². The molecule has 24 heavy (non-hydrogen) atoms. The molecule has 3 fully saturated rings. The van der Waals surface area contributed by atoms with Gasteiger partial charge in [-0.15, -0.1) is 11.3 Å². The Bertz CT molecular complexity index is 550. The van der Waals surface area contributed by atoms with E-state index < -0.39 is 0 Å². The van der Waals surface area contributed by atoms with Crippen LogP contribution >= 0.6 is 11.3 Å². The highest BCUT2D eigenvalue weighted by Crippen LogP contribution is 2.34. The van der Waals surface area contributed by atoms with Gasteiger partial charge in [0.05, 0.1) is 18.2 Å². The third-order valence-corrected chi connectivity index (χ3v) is 6.40. The molecule has 4 atom stereocenters. The third-order valence-electron chi connectivity index (χ3n) is 5.54. The summed E-state index contributed by atoms with van der Waals surface area (Å²) >= 11 is 1.83. The molecule has 4 rings (SSSR count). The van der Waals surface area contributed by atoms with Crippen molar-refractivity contribution >= 4 is 17.4 Å². The number of nitrogens with zero attached hydrogens (tertiary/aromatic N) is 1. The van der Waals surface area contributed by atoms with Crippen molar-refractivity contribution in [3.8, 4) is 0 Å². The van der Waals surface area contributed by atoms with Crippen LogP contribution in [0.2, 0.25) is 0 Å². The molecule has 6 heteroatoms. The van der Waals surface area contributed by atoms with Crippen molar-refractivity contribution in [2.24, 2.45) is 5.92 Å². The summed E-state index contributed by atoms with van der Waals surface area (Å²) in [6.07, 6.45) is 6.29. The molecule has 2 bridgehead atoms. The van der Waals surface area contributed by atoms with Crippen LogP contribution in [0.5, 0.6) is 0 Å². The zero-order chi connectivity index (χ0) is 16.4. The van der Waals surface area contributed by atoms with E-state index in [1.54, 1.807) is 0 Å². The van der Waals surface area contributed by atoms with E-state index in [1.165, 1.54) is 24.3 Å². The second-order valence-corrected chi connectivity index (χ2v) is 8.43. The molecule has 3 aliphatic heterocycles. The van der Waals surface area contributed by atoms with E-state index in [9.17, 15) is 4.79 Å². The Balaban J connectivity index is 1.18. The van der Waals surface area contributed by atoms with Gasteiger partial charge in [-0.2, -0.15) is 0 Å². The fourth-order valence-corrected chi connectivity index (χ4v) is 5.08. The van der Waals surface area contributed by atoms with E-state index in [0.717, 1.165) is 38.9 Å². The first-order valence-electron chi connectivity index (χ1n) is 9.21. The van der Waals surface area contributed by atoms with Gasteiger partial charge in [0.1, 0.15) is 0 Å². The molecule has 0 aromatic carbocycles. The first-order chi connectivity index (χ1) is 11.8. The summed E-state index contributed by atoms with van der Waals surface area (Å²) in [7, 11) is 0. The highest BCUT2D eigenvalue weighted by Gasteiger charge is 2.41. The fourth-order valence-electron chi connectivity index (χ4n) is 4.33. The first-order valence-corrected chi connectivity index (χ1v) is 10.1. The molecule has 1 aromatic heterocycles. The molecule has 3 aliphatic rings. The van der Waals surface area contributed by atoms with E-state index in [2.05, 4.69) is 33.0 Å². The predicted octanol–water partition coefficient (Wildman–Crippen LogP) is 2.58. The van der Waals surface area contributed by atoms with Crippen LogP contribution < -0.4 is 10.6 Å². The minimum absolute atomic E-state index is 0.0217. The summed E-state index contributed by atoms with van der Waals surface area (Å²) in [5, 5.41) is 8.34. The van der Waals surface area contributed by atoms with Crippen LogP contribution in [0.1, 0.15) is 37.0 Å². The number of ether oxygens (including phenoxy) is 1. The Hall–Kier alpha value is -1.11. The number of hydrogen-bond acceptors (Lipinski definition) is 4. The van der Waals surface area contributed by atoms with Gasteiger partial charge < -0.3 is 15.4 Å². The number of rotatable bonds is 5. The number of amides is 2. The minimum Gasteiger partial charge on any atom is -0.373 e. The van der Waals surface area contributed by atoms with Gasteiger partial charge >= 0.3 is 6.03 Å². The van der Waals surface area contributed by atoms with Crippen LogP contribution in [0.4, 0.5) is 4.79 Å². The molecule has 132 valence electrons. The van der Waals surface area contributed by atoms with Crippen molar-refractivity contribution in [1.29, 1.82) is 0 Å². The van der Waals surface area contributed by atoms with Crippen LogP contribution in [-0.4, -0.2) is 48.8 Å². The molecule has 4 heterocycles. The number of likely N-dealkylation sites (tertiary alicyclic amines) is 1. The van der Waals surface area contributed by atoms with Gasteiger partial charge in [0.15, 0.2) is 0 Å². The highest BCUT2D eigenvalue weighted by molar-refractivity contribution is 7.09. The average Bonchev–Trinajstić information content (AvgIpc) is 3.31. The zero-order valence-corrected chi connectivity index (χ0v) is 14.9. The monoisotopic (exact) mass is 349 g/mol. The minimum atomic E-state index is -0.0217. The lowest BCUT2D eigenvalue weighted by molar-refractivity contribution is 0.0980. The van der Waals surface area contributed by atoms with E-state index in [1.807, 2.05) is 11.3 Å². The van der Waals surface area contributed by atoms with E-state index in [0.29, 0.717) is 12.0 Å². The Kier molecular flexibility index (Phi) is 5.06. The molecule has 1 aromatic rings. The number of hydrogen-bond donors (Lipinski definition) is 2. The van der Waals surface area contributed by atoms with Crippen molar-refractivity contribution in [1.82, 2.24) is 15.5 Å². The van der Waals surface area contributed by atoms with Crippen LogP contribution in [0.25, 0.3) is 0 Å². The van der Waals surface area contributed by atoms with E-state index >= 15 is 0 Å². The topological polar surface area (TPSA) is 53.6 Å². The molecule has 2 N–H and O–H groups in total. The number of thiophene rings is 1. The Morgan fingerprint density at radius 2 is 2.33 bits per heavy atom. The summed E-state index contributed by atoms with van der Waals surface area (Å²) in [6.45, 7) is 4.07. The molecular weight excluding hydrogens is 322 g/mol. The maximum absolute atomic E-state index is 12.2. The molecule has 5 nitrogen and oxygen atoms in total. The number of carbonyl (C=O) groups is 1. The molecule has 0 unspecified atom stereocenters. The van der Waals surface area contributed by atoms with Gasteiger partial charge in [0.25, 0.3) is 0 Å². The first kappa shape index (κ1) is 16.4. The van der Waals surface area contributed by atoms with E-state index in [4.69, 9.17) is 4.74 Å². The van der Waals surface area contributed by atoms with Gasteiger partial charge in [-0.1, -0.05) is 6.07 Å². The van der Waals surface area contributed by atoms with Gasteiger partial charge in [-0.25, -0.2) is 4.79 Å². The molecule has 2 amide bonds. The summed E-state index contributed by atoms with van der Waals surface area (Å²) in [5.74, 6) is 0.556. The van der Waals surface area contributed by atoms with Gasteiger partial charge in [-0.3, -0.25) is 4.90 Å². The SMILES string of the molecule is O=C(NC[C@@H]1CCCN(Cc2cccs2)C1)N[C@@H]1C[C@H]2CC[C@H]1O2. The fraction of sp³-hybridized carbons (Fsp3) is 0.722. The second kappa shape index (κ2) is 7.42. The number of piperidine rings is 1. The van der Waals surface area contributed by atoms with Crippen LogP contribution in [0, 0.1) is 5.92 Å². The van der Waals surface area contributed by atoms with Crippen LogP contribution in [0.15, 0.2) is 17.5 Å². The molecule has 0 radical (unpaired) electrons. The maximum atomic E-state index is 12.2. The van der Waals surface area contributed by atoms with Crippen molar-refractivity contribution in [2.45, 2.75) is 56.9 Å². The Morgan fingerprint density at radius 3 is 3.08 bits per heavy atom. The standard InChI is InChI=1S/C18H27N3O2S/c22-18(20-16-9-14-5-6-17(16)23-14)19-10-13-3-1-7-21(11-13)12-15-4-2-8-24-15/h2,4,8,13-14,16-17H,1,3,5-7,9-12H2,(H2,19,20,22)/t13-,14+,16+,17+/m0/s1. The summed E-state index contributed by atoms with van der Waals surface area (Å²) in [6, 6.07) is 4.52. The van der Waals surface area contributed by atoms with Crippen LogP contribution in [0.3, 0.4) is 0 Å². The molecule has 0 saturated carbocycles. The normalized spacial score (nSPS) is 32.8. The molecule has 0 spiro atoms. The lowest BCUT2D eigenvalue weighted by Gasteiger charge is -2.32. The summed E-state index contributed by atoms with van der Waals surface area (Å²) < 4.78 is 5.80. The maximum Gasteiger partial charge on any atom is 0.315 e. The Morgan fingerprint density at radius 1 is 1.38 bits per heavy atom. The Labute approximate surface area is 147 Å². The number of fused-ring (bicyclic) bond motifs is 2. The summed E-state index contributed by atoms with van der Waals surface area (Å²) in [5.41, 5.74) is 0. The van der Waals surface area contributed by atoms with Gasteiger partial charge in [0, 0.05) is 24.5 Å². The molecule has 0 aliphatic carbocycles. The molecular formula is C18H27N3O2S. The number of urea groups is 1. The van der Waals surface area contributed by atoms with Crippen molar-refractivity contribution in [3.05, 3.63) is 22.4 Å². The largest absolute Gasteiger partial charge is 0.373 e. The average molecular weight is 350 g/mol. The lowest BCUT2D eigenvalue weighted by atomic mass is 9.95. The molecule has 3 saturated heterocycles. The van der Waals surface area contributed by atoms with Gasteiger partial charge in [0.2, 0.25) is 0 Å². The quantitative estimate of drug-likeness (QED) is 0.859. The zero-order valence-electron chi connectivity index (χ0n) is 14.1. The predicted molar refractivity (Wildman–Crippen MR) is 95.2 cm³/mol. The number of carbonyl (C=O) groups excluding carboxylic acids is 1. The highest BCUT2D eigenvalue weighted by atomic mass is 32.1. The number of nitrogens with one attached hydrogen (secondary N) is 2. The second-order valence-electron chi connectivity index (χ2n) is 7.39. The van der Waals surface area contributed by atoms with Crippen molar-refractivity contribution in [3.63, 3.8) is 0 Å².